The summed E-state index contributed by atoms with van der Waals surface area (Å²) in [6.45, 7) is 1.36. The highest BCUT2D eigenvalue weighted by Crippen LogP contribution is 2.27. The quantitative estimate of drug-likeness (QED) is 0.733. The van der Waals surface area contributed by atoms with Gasteiger partial charge >= 0.3 is 0 Å². The molecule has 0 aromatic rings. The average molecular weight is 261 g/mol. The predicted octanol–water partition coefficient (Wildman–Crippen LogP) is 1.90. The Hall–Kier alpha value is -0.970. The summed E-state index contributed by atoms with van der Waals surface area (Å²) in [5.41, 5.74) is 0. The first-order valence-corrected chi connectivity index (χ1v) is 4.86. The molecule has 2 atom stereocenters. The molecule has 0 aromatic carbocycles. The van der Waals surface area contributed by atoms with Crippen LogP contribution in [0, 0.1) is 11.3 Å². The van der Waals surface area contributed by atoms with Crippen LogP contribution in [0.3, 0.4) is 0 Å². The fourth-order valence-corrected chi connectivity index (χ4v) is 1.66. The molecule has 1 aliphatic carbocycles. The Morgan fingerprint density at radius 2 is 2.36 bits per heavy atom. The SMILES string of the molecule is CC(=O)NC1C=C(F)C(Br)=CC1C=N. The van der Waals surface area contributed by atoms with Gasteiger partial charge in [-0.15, -0.1) is 0 Å². The minimum atomic E-state index is -0.466. The predicted molar refractivity (Wildman–Crippen MR) is 56.1 cm³/mol. The lowest BCUT2D eigenvalue weighted by Crippen LogP contribution is -2.39. The van der Waals surface area contributed by atoms with Gasteiger partial charge in [-0.1, -0.05) is 6.08 Å². The van der Waals surface area contributed by atoms with Gasteiger partial charge < -0.3 is 10.7 Å². The van der Waals surface area contributed by atoms with Crippen molar-refractivity contribution in [3.05, 3.63) is 22.5 Å². The first-order valence-electron chi connectivity index (χ1n) is 4.07. The Kier molecular flexibility index (Phi) is 3.57. The maximum absolute atomic E-state index is 13.1. The summed E-state index contributed by atoms with van der Waals surface area (Å²) in [7, 11) is 0. The second-order valence-electron chi connectivity index (χ2n) is 3.00. The van der Waals surface area contributed by atoms with Gasteiger partial charge in [0.2, 0.25) is 5.91 Å². The van der Waals surface area contributed by atoms with Gasteiger partial charge in [-0.25, -0.2) is 4.39 Å². The lowest BCUT2D eigenvalue weighted by Gasteiger charge is -2.22. The van der Waals surface area contributed by atoms with Crippen molar-refractivity contribution in [3.63, 3.8) is 0 Å². The molecule has 2 N–H and O–H groups in total. The summed E-state index contributed by atoms with van der Waals surface area (Å²) in [5, 5.41) is 9.70. The summed E-state index contributed by atoms with van der Waals surface area (Å²) in [5.74, 6) is -0.952. The molecule has 1 rings (SSSR count). The van der Waals surface area contributed by atoms with Crippen LogP contribution in [0.4, 0.5) is 4.39 Å². The van der Waals surface area contributed by atoms with Gasteiger partial charge in [-0.3, -0.25) is 4.79 Å². The molecule has 0 saturated carbocycles. The van der Waals surface area contributed by atoms with Crippen molar-refractivity contribution in [1.82, 2.24) is 5.32 Å². The van der Waals surface area contributed by atoms with E-state index in [1.807, 2.05) is 0 Å². The molecule has 5 heteroatoms. The van der Waals surface area contributed by atoms with E-state index in [0.29, 0.717) is 4.48 Å². The molecule has 0 radical (unpaired) electrons. The molecule has 0 saturated heterocycles. The monoisotopic (exact) mass is 260 g/mol. The number of halogens is 2. The molecule has 2 unspecified atom stereocenters. The Bertz CT molecular complexity index is 325. The minimum absolute atomic E-state index is 0.239. The Labute approximate surface area is 89.7 Å². The van der Waals surface area contributed by atoms with Crippen LogP contribution in [0.25, 0.3) is 0 Å². The van der Waals surface area contributed by atoms with Crippen molar-refractivity contribution in [3.8, 4) is 0 Å². The zero-order valence-corrected chi connectivity index (χ0v) is 9.14. The van der Waals surface area contributed by atoms with E-state index in [0.717, 1.165) is 0 Å². The smallest absolute Gasteiger partial charge is 0.217 e. The van der Waals surface area contributed by atoms with Crippen molar-refractivity contribution >= 4 is 28.1 Å². The summed E-state index contributed by atoms with van der Waals surface area (Å²) in [4.78, 5) is 10.8. The Balaban J connectivity index is 2.85. The fraction of sp³-hybridized carbons (Fsp3) is 0.333. The van der Waals surface area contributed by atoms with Gasteiger partial charge in [-0.2, -0.15) is 0 Å². The van der Waals surface area contributed by atoms with Crippen molar-refractivity contribution < 1.29 is 9.18 Å². The van der Waals surface area contributed by atoms with Crippen LogP contribution in [0.15, 0.2) is 22.5 Å². The minimum Gasteiger partial charge on any atom is -0.349 e. The van der Waals surface area contributed by atoms with Crippen molar-refractivity contribution in [2.24, 2.45) is 5.92 Å². The molecule has 0 aliphatic heterocycles. The van der Waals surface area contributed by atoms with E-state index in [4.69, 9.17) is 5.41 Å². The van der Waals surface area contributed by atoms with Crippen LogP contribution >= 0.6 is 15.9 Å². The molecule has 0 bridgehead atoms. The number of carbonyl (C=O) groups is 1. The molecule has 1 amide bonds. The summed E-state index contributed by atoms with van der Waals surface area (Å²) >= 11 is 3.03. The molecular weight excluding hydrogens is 251 g/mol. The highest BCUT2D eigenvalue weighted by atomic mass is 79.9. The van der Waals surface area contributed by atoms with Gasteiger partial charge in [0.15, 0.2) is 0 Å². The Morgan fingerprint density at radius 3 is 2.86 bits per heavy atom. The largest absolute Gasteiger partial charge is 0.349 e. The molecule has 3 nitrogen and oxygen atoms in total. The van der Waals surface area contributed by atoms with Gasteiger partial charge in [0, 0.05) is 23.5 Å². The third-order valence-corrected chi connectivity index (χ3v) is 2.51. The van der Waals surface area contributed by atoms with Gasteiger partial charge in [0.1, 0.15) is 5.83 Å². The van der Waals surface area contributed by atoms with Crippen molar-refractivity contribution in [2.75, 3.05) is 0 Å². The molecule has 0 fully saturated rings. The third-order valence-electron chi connectivity index (χ3n) is 1.87. The molecule has 1 aliphatic rings. The maximum Gasteiger partial charge on any atom is 0.217 e. The van der Waals surface area contributed by atoms with Crippen LogP contribution in [-0.4, -0.2) is 18.2 Å². The number of hydrogen-bond donors (Lipinski definition) is 2. The molecular formula is C9H10BrFN2O. The summed E-state index contributed by atoms with van der Waals surface area (Å²) in [6, 6.07) is -0.466. The molecule has 0 aromatic heterocycles. The number of hydrogen-bond acceptors (Lipinski definition) is 2. The normalized spacial score (nSPS) is 26.2. The summed E-state index contributed by atoms with van der Waals surface area (Å²) in [6.07, 6.45) is 4.02. The summed E-state index contributed by atoms with van der Waals surface area (Å²) < 4.78 is 13.4. The van der Waals surface area contributed by atoms with Crippen LogP contribution in [-0.2, 0) is 4.79 Å². The maximum atomic E-state index is 13.1. The number of allylic oxidation sites excluding steroid dienone is 2. The van der Waals surface area contributed by atoms with E-state index >= 15 is 0 Å². The van der Waals surface area contributed by atoms with Crippen LogP contribution < -0.4 is 5.32 Å². The average Bonchev–Trinajstić information content (AvgIpc) is 2.10. The highest BCUT2D eigenvalue weighted by Gasteiger charge is 2.23. The third kappa shape index (κ3) is 2.51. The molecule has 0 spiro atoms. The molecule has 0 heterocycles. The molecule has 14 heavy (non-hydrogen) atoms. The van der Waals surface area contributed by atoms with Crippen molar-refractivity contribution in [2.45, 2.75) is 13.0 Å². The van der Waals surface area contributed by atoms with E-state index in [2.05, 4.69) is 21.2 Å². The number of amides is 1. The van der Waals surface area contributed by atoms with E-state index in [1.165, 1.54) is 19.2 Å². The second kappa shape index (κ2) is 4.50. The zero-order valence-electron chi connectivity index (χ0n) is 7.55. The van der Waals surface area contributed by atoms with Gasteiger partial charge in [-0.05, 0) is 22.0 Å². The second-order valence-corrected chi connectivity index (χ2v) is 3.85. The lowest BCUT2D eigenvalue weighted by molar-refractivity contribution is -0.119. The van der Waals surface area contributed by atoms with Crippen LogP contribution in [0.5, 0.6) is 0 Å². The number of rotatable bonds is 2. The highest BCUT2D eigenvalue weighted by molar-refractivity contribution is 9.11. The Morgan fingerprint density at radius 1 is 1.71 bits per heavy atom. The topological polar surface area (TPSA) is 53.0 Å². The van der Waals surface area contributed by atoms with E-state index < -0.39 is 11.9 Å². The van der Waals surface area contributed by atoms with Crippen LogP contribution in [0.2, 0.25) is 0 Å². The number of nitrogens with one attached hydrogen (secondary N) is 2. The van der Waals surface area contributed by atoms with Gasteiger partial charge in [0.25, 0.3) is 0 Å². The van der Waals surface area contributed by atoms with E-state index in [9.17, 15) is 9.18 Å². The van der Waals surface area contributed by atoms with Crippen molar-refractivity contribution in [1.29, 1.82) is 5.41 Å². The van der Waals surface area contributed by atoms with Gasteiger partial charge in [0.05, 0.1) is 6.04 Å². The van der Waals surface area contributed by atoms with E-state index in [-0.39, 0.29) is 11.8 Å². The molecule has 76 valence electrons. The van der Waals surface area contributed by atoms with Crippen LogP contribution in [0.1, 0.15) is 6.92 Å². The number of carbonyl (C=O) groups excluding carboxylic acids is 1. The zero-order chi connectivity index (χ0) is 10.7. The fourth-order valence-electron chi connectivity index (χ4n) is 1.22. The first kappa shape index (κ1) is 11.1. The van der Waals surface area contributed by atoms with E-state index in [1.54, 1.807) is 6.08 Å². The standard InChI is InChI=1S/C9H10BrFN2O/c1-5(14)13-9-3-8(11)7(10)2-6(9)4-12/h2-4,6,9,12H,1H3,(H,13,14). The lowest BCUT2D eigenvalue weighted by atomic mass is 9.96. The first-order chi connectivity index (χ1) is 6.54.